The molecule has 0 bridgehead atoms. The maximum absolute atomic E-state index is 5.57. The number of hydrogen-bond acceptors (Lipinski definition) is 5. The van der Waals surface area contributed by atoms with Gasteiger partial charge in [-0.1, -0.05) is 0 Å². The van der Waals surface area contributed by atoms with Crippen LogP contribution in [0.1, 0.15) is 26.0 Å². The molecule has 2 rings (SSSR count). The fourth-order valence-electron chi connectivity index (χ4n) is 1.86. The van der Waals surface area contributed by atoms with Crippen LogP contribution in [0.15, 0.2) is 11.1 Å². The van der Waals surface area contributed by atoms with Crippen LogP contribution in [0.25, 0.3) is 0 Å². The van der Waals surface area contributed by atoms with Crippen molar-refractivity contribution in [3.8, 4) is 0 Å². The average molecular weight is 253 g/mol. The van der Waals surface area contributed by atoms with E-state index in [0.29, 0.717) is 11.4 Å². The van der Waals surface area contributed by atoms with Gasteiger partial charge in [0, 0.05) is 24.1 Å². The third-order valence-electron chi connectivity index (χ3n) is 2.74. The molecule has 1 aliphatic heterocycles. The Morgan fingerprint density at radius 2 is 2.35 bits per heavy atom. The first-order valence-electron chi connectivity index (χ1n) is 6.07. The first-order chi connectivity index (χ1) is 8.19. The standard InChI is InChI=1S/C12H19N3OS/c1-4-13-12-14-8(2)7-11(15-12)17-10-5-6-16-9(10)3/h7,9-10H,4-6H2,1-3H3,(H,13,14,15). The lowest BCUT2D eigenvalue weighted by Crippen LogP contribution is -2.13. The van der Waals surface area contributed by atoms with Gasteiger partial charge in [0.2, 0.25) is 5.95 Å². The van der Waals surface area contributed by atoms with Crippen molar-refractivity contribution in [3.05, 3.63) is 11.8 Å². The van der Waals surface area contributed by atoms with Gasteiger partial charge in [0.05, 0.1) is 6.10 Å². The van der Waals surface area contributed by atoms with E-state index in [1.165, 1.54) is 0 Å². The molecule has 0 saturated carbocycles. The van der Waals surface area contributed by atoms with Gasteiger partial charge < -0.3 is 10.1 Å². The minimum Gasteiger partial charge on any atom is -0.377 e. The van der Waals surface area contributed by atoms with Crippen molar-refractivity contribution in [2.24, 2.45) is 0 Å². The van der Waals surface area contributed by atoms with Crippen molar-refractivity contribution in [2.45, 2.75) is 43.6 Å². The molecule has 1 fully saturated rings. The van der Waals surface area contributed by atoms with Crippen molar-refractivity contribution in [3.63, 3.8) is 0 Å². The van der Waals surface area contributed by atoms with E-state index in [1.807, 2.05) is 19.9 Å². The predicted molar refractivity (Wildman–Crippen MR) is 70.6 cm³/mol. The summed E-state index contributed by atoms with van der Waals surface area (Å²) in [7, 11) is 0. The largest absolute Gasteiger partial charge is 0.377 e. The van der Waals surface area contributed by atoms with Crippen LogP contribution in [0.5, 0.6) is 0 Å². The zero-order valence-corrected chi connectivity index (χ0v) is 11.4. The lowest BCUT2D eigenvalue weighted by Gasteiger charge is -2.13. The average Bonchev–Trinajstić information content (AvgIpc) is 2.64. The van der Waals surface area contributed by atoms with Gasteiger partial charge in [0.25, 0.3) is 0 Å². The van der Waals surface area contributed by atoms with Crippen LogP contribution in [-0.4, -0.2) is 34.5 Å². The second-order valence-electron chi connectivity index (χ2n) is 4.22. The molecule has 0 aromatic carbocycles. The number of aromatic nitrogens is 2. The highest BCUT2D eigenvalue weighted by molar-refractivity contribution is 7.99. The van der Waals surface area contributed by atoms with E-state index in [4.69, 9.17) is 4.74 Å². The molecule has 1 aliphatic rings. The highest BCUT2D eigenvalue weighted by Crippen LogP contribution is 2.31. The highest BCUT2D eigenvalue weighted by Gasteiger charge is 2.25. The van der Waals surface area contributed by atoms with Crippen LogP contribution in [0.3, 0.4) is 0 Å². The number of ether oxygens (including phenoxy) is 1. The summed E-state index contributed by atoms with van der Waals surface area (Å²) in [4.78, 5) is 8.86. The van der Waals surface area contributed by atoms with Gasteiger partial charge in [-0.2, -0.15) is 0 Å². The molecule has 0 radical (unpaired) electrons. The summed E-state index contributed by atoms with van der Waals surface area (Å²) in [6.07, 6.45) is 1.42. The molecule has 2 unspecified atom stereocenters. The van der Waals surface area contributed by atoms with E-state index in [9.17, 15) is 0 Å². The Morgan fingerprint density at radius 3 is 3.00 bits per heavy atom. The smallest absolute Gasteiger partial charge is 0.223 e. The van der Waals surface area contributed by atoms with Crippen LogP contribution in [0.4, 0.5) is 5.95 Å². The Hall–Kier alpha value is -0.810. The van der Waals surface area contributed by atoms with Gasteiger partial charge >= 0.3 is 0 Å². The van der Waals surface area contributed by atoms with Gasteiger partial charge in [0.1, 0.15) is 5.03 Å². The molecule has 1 aromatic rings. The summed E-state index contributed by atoms with van der Waals surface area (Å²) in [5, 5.41) is 4.71. The molecule has 0 amide bonds. The van der Waals surface area contributed by atoms with E-state index in [-0.39, 0.29) is 0 Å². The topological polar surface area (TPSA) is 47.0 Å². The number of aryl methyl sites for hydroxylation is 1. The molecule has 5 heteroatoms. The van der Waals surface area contributed by atoms with E-state index in [2.05, 4.69) is 22.2 Å². The van der Waals surface area contributed by atoms with Crippen LogP contribution >= 0.6 is 11.8 Å². The summed E-state index contributed by atoms with van der Waals surface area (Å²) in [5.74, 6) is 0.724. The lowest BCUT2D eigenvalue weighted by molar-refractivity contribution is 0.127. The molecule has 4 nitrogen and oxygen atoms in total. The Balaban J connectivity index is 2.09. The molecular weight excluding hydrogens is 234 g/mol. The Bertz CT molecular complexity index is 386. The van der Waals surface area contributed by atoms with Crippen LogP contribution in [0, 0.1) is 6.92 Å². The van der Waals surface area contributed by atoms with Crippen molar-refractivity contribution in [2.75, 3.05) is 18.5 Å². The summed E-state index contributed by atoms with van der Waals surface area (Å²) < 4.78 is 5.57. The summed E-state index contributed by atoms with van der Waals surface area (Å²) in [5.41, 5.74) is 1.00. The molecule has 17 heavy (non-hydrogen) atoms. The molecule has 1 aromatic heterocycles. The third-order valence-corrected chi connectivity index (χ3v) is 4.12. The lowest BCUT2D eigenvalue weighted by atomic mass is 10.3. The van der Waals surface area contributed by atoms with Gasteiger partial charge in [0.15, 0.2) is 0 Å². The number of nitrogens with zero attached hydrogens (tertiary/aromatic N) is 2. The molecule has 94 valence electrons. The molecular formula is C12H19N3OS. The molecule has 2 atom stereocenters. The Morgan fingerprint density at radius 1 is 1.53 bits per heavy atom. The Kier molecular flexibility index (Phi) is 4.23. The van der Waals surface area contributed by atoms with Gasteiger partial charge in [-0.25, -0.2) is 9.97 Å². The maximum Gasteiger partial charge on any atom is 0.223 e. The zero-order valence-electron chi connectivity index (χ0n) is 10.6. The first-order valence-corrected chi connectivity index (χ1v) is 6.95. The quantitative estimate of drug-likeness (QED) is 0.835. The highest BCUT2D eigenvalue weighted by atomic mass is 32.2. The summed E-state index contributed by atoms with van der Waals surface area (Å²) >= 11 is 1.80. The fourth-order valence-corrected chi connectivity index (χ4v) is 3.03. The predicted octanol–water partition coefficient (Wildman–Crippen LogP) is 2.49. The van der Waals surface area contributed by atoms with Crippen molar-refractivity contribution < 1.29 is 4.74 Å². The van der Waals surface area contributed by atoms with Crippen molar-refractivity contribution >= 4 is 17.7 Å². The van der Waals surface area contributed by atoms with Crippen LogP contribution in [-0.2, 0) is 4.74 Å². The third kappa shape index (κ3) is 3.33. The van der Waals surface area contributed by atoms with E-state index in [1.54, 1.807) is 11.8 Å². The summed E-state index contributed by atoms with van der Waals surface area (Å²) in [6, 6.07) is 2.04. The van der Waals surface area contributed by atoms with E-state index < -0.39 is 0 Å². The monoisotopic (exact) mass is 253 g/mol. The minimum absolute atomic E-state index is 0.317. The molecule has 1 N–H and O–H groups in total. The van der Waals surface area contributed by atoms with Crippen molar-refractivity contribution in [1.82, 2.24) is 9.97 Å². The zero-order chi connectivity index (χ0) is 12.3. The van der Waals surface area contributed by atoms with Crippen molar-refractivity contribution in [1.29, 1.82) is 0 Å². The number of nitrogens with one attached hydrogen (secondary N) is 1. The number of rotatable bonds is 4. The maximum atomic E-state index is 5.57. The summed E-state index contributed by atoms with van der Waals surface area (Å²) in [6.45, 7) is 7.88. The number of anilines is 1. The fraction of sp³-hybridized carbons (Fsp3) is 0.667. The number of hydrogen-bond donors (Lipinski definition) is 1. The van der Waals surface area contributed by atoms with Gasteiger partial charge in [-0.15, -0.1) is 11.8 Å². The van der Waals surface area contributed by atoms with E-state index in [0.717, 1.165) is 36.2 Å². The molecule has 2 heterocycles. The van der Waals surface area contributed by atoms with Crippen LogP contribution in [0.2, 0.25) is 0 Å². The second kappa shape index (κ2) is 5.69. The first kappa shape index (κ1) is 12.6. The van der Waals surface area contributed by atoms with Gasteiger partial charge in [-0.05, 0) is 33.3 Å². The molecule has 0 spiro atoms. The Labute approximate surface area is 107 Å². The number of thioether (sulfide) groups is 1. The molecule has 1 saturated heterocycles. The second-order valence-corrected chi connectivity index (χ2v) is 5.48. The SMILES string of the molecule is CCNc1nc(C)cc(SC2CCOC2C)n1. The minimum atomic E-state index is 0.317. The van der Waals surface area contributed by atoms with Gasteiger partial charge in [-0.3, -0.25) is 0 Å². The van der Waals surface area contributed by atoms with Crippen LogP contribution < -0.4 is 5.32 Å². The van der Waals surface area contributed by atoms with E-state index >= 15 is 0 Å². The molecule has 0 aliphatic carbocycles. The normalized spacial score (nSPS) is 23.9.